The fraction of sp³-hybridized carbons (Fsp3) is 0.533. The highest BCUT2D eigenvalue weighted by Crippen LogP contribution is 2.23. The Morgan fingerprint density at radius 2 is 2.30 bits per heavy atom. The van der Waals surface area contributed by atoms with Gasteiger partial charge < -0.3 is 15.8 Å². The van der Waals surface area contributed by atoms with Crippen LogP contribution in [0.1, 0.15) is 24.4 Å². The zero-order chi connectivity index (χ0) is 14.5. The summed E-state index contributed by atoms with van der Waals surface area (Å²) in [6.07, 6.45) is 2.21. The first-order valence-corrected chi connectivity index (χ1v) is 6.97. The number of hydrogen-bond donors (Lipinski definition) is 2. The standard InChI is InChI=1S/C15H23N3O2/c1-18(10-15(19)17-12-6-7-12)14(9-16)11-4-3-5-13(8-11)20-2/h3-5,8,12,14H,6-7,9-10,16H2,1-2H3,(H,17,19). The highest BCUT2D eigenvalue weighted by atomic mass is 16.5. The zero-order valence-electron chi connectivity index (χ0n) is 12.1. The van der Waals surface area contributed by atoms with Gasteiger partial charge in [0.15, 0.2) is 0 Å². The van der Waals surface area contributed by atoms with Gasteiger partial charge in [0.05, 0.1) is 13.7 Å². The number of carbonyl (C=O) groups excluding carboxylic acids is 1. The molecule has 1 aromatic rings. The third kappa shape index (κ3) is 3.95. The number of hydrogen-bond acceptors (Lipinski definition) is 4. The van der Waals surface area contributed by atoms with Crippen molar-refractivity contribution in [1.82, 2.24) is 10.2 Å². The van der Waals surface area contributed by atoms with Crippen molar-refractivity contribution in [3.05, 3.63) is 29.8 Å². The maximum absolute atomic E-state index is 11.9. The van der Waals surface area contributed by atoms with Crippen molar-refractivity contribution in [3.8, 4) is 5.75 Å². The van der Waals surface area contributed by atoms with Crippen LogP contribution in [0.2, 0.25) is 0 Å². The van der Waals surface area contributed by atoms with Crippen LogP contribution in [-0.4, -0.2) is 44.1 Å². The second-order valence-electron chi connectivity index (χ2n) is 5.29. The Hall–Kier alpha value is -1.59. The fourth-order valence-electron chi connectivity index (χ4n) is 2.26. The van der Waals surface area contributed by atoms with Gasteiger partial charge in [0.1, 0.15) is 5.75 Å². The average Bonchev–Trinajstić information content (AvgIpc) is 3.23. The van der Waals surface area contributed by atoms with Crippen LogP contribution in [0, 0.1) is 0 Å². The lowest BCUT2D eigenvalue weighted by Crippen LogP contribution is -2.40. The monoisotopic (exact) mass is 277 g/mol. The molecule has 0 aliphatic heterocycles. The van der Waals surface area contributed by atoms with Crippen molar-refractivity contribution < 1.29 is 9.53 Å². The highest BCUT2D eigenvalue weighted by Gasteiger charge is 2.25. The van der Waals surface area contributed by atoms with Crippen molar-refractivity contribution >= 4 is 5.91 Å². The second kappa shape index (κ2) is 6.72. The molecule has 0 heterocycles. The molecule has 5 nitrogen and oxygen atoms in total. The molecule has 110 valence electrons. The van der Waals surface area contributed by atoms with E-state index in [-0.39, 0.29) is 11.9 Å². The Morgan fingerprint density at radius 1 is 1.55 bits per heavy atom. The van der Waals surface area contributed by atoms with E-state index in [9.17, 15) is 4.79 Å². The second-order valence-corrected chi connectivity index (χ2v) is 5.29. The Morgan fingerprint density at radius 3 is 2.90 bits per heavy atom. The van der Waals surface area contributed by atoms with Crippen LogP contribution in [0.4, 0.5) is 0 Å². The van der Waals surface area contributed by atoms with Crippen molar-refractivity contribution in [1.29, 1.82) is 0 Å². The van der Waals surface area contributed by atoms with Crippen LogP contribution in [0.25, 0.3) is 0 Å². The van der Waals surface area contributed by atoms with Crippen molar-refractivity contribution in [2.45, 2.75) is 24.9 Å². The third-order valence-corrected chi connectivity index (χ3v) is 3.57. The summed E-state index contributed by atoms with van der Waals surface area (Å²) in [5.74, 6) is 0.869. The van der Waals surface area contributed by atoms with Gasteiger partial charge in [0.2, 0.25) is 5.91 Å². The van der Waals surface area contributed by atoms with E-state index in [0.717, 1.165) is 24.2 Å². The van der Waals surface area contributed by atoms with Crippen LogP contribution in [0.15, 0.2) is 24.3 Å². The van der Waals surface area contributed by atoms with Crippen molar-refractivity contribution in [3.63, 3.8) is 0 Å². The van der Waals surface area contributed by atoms with E-state index < -0.39 is 0 Å². The molecule has 2 rings (SSSR count). The van der Waals surface area contributed by atoms with Crippen LogP contribution in [0.5, 0.6) is 5.75 Å². The minimum atomic E-state index is 0.00931. The average molecular weight is 277 g/mol. The Bertz CT molecular complexity index is 460. The van der Waals surface area contributed by atoms with Crippen molar-refractivity contribution in [2.24, 2.45) is 5.73 Å². The molecular formula is C15H23N3O2. The first kappa shape index (κ1) is 14.8. The van der Waals surface area contributed by atoms with Gasteiger partial charge in [-0.1, -0.05) is 12.1 Å². The van der Waals surface area contributed by atoms with Crippen LogP contribution in [0.3, 0.4) is 0 Å². The summed E-state index contributed by atoms with van der Waals surface area (Å²) in [5, 5.41) is 2.99. The van der Waals surface area contributed by atoms with Gasteiger partial charge in [-0.15, -0.1) is 0 Å². The number of methoxy groups -OCH3 is 1. The molecule has 5 heteroatoms. The number of carbonyl (C=O) groups is 1. The summed E-state index contributed by atoms with van der Waals surface area (Å²) in [6, 6.07) is 8.22. The summed E-state index contributed by atoms with van der Waals surface area (Å²) in [7, 11) is 3.56. The summed E-state index contributed by atoms with van der Waals surface area (Å²) in [5.41, 5.74) is 6.94. The maximum Gasteiger partial charge on any atom is 0.234 e. The van der Waals surface area contributed by atoms with E-state index in [4.69, 9.17) is 10.5 Å². The predicted octanol–water partition coefficient (Wildman–Crippen LogP) is 0.905. The molecule has 0 radical (unpaired) electrons. The molecule has 1 unspecified atom stereocenters. The topological polar surface area (TPSA) is 67.6 Å². The zero-order valence-corrected chi connectivity index (χ0v) is 12.1. The summed E-state index contributed by atoms with van der Waals surface area (Å²) >= 11 is 0. The van der Waals surface area contributed by atoms with Gasteiger partial charge in [-0.3, -0.25) is 9.69 Å². The molecule has 1 aliphatic carbocycles. The van der Waals surface area contributed by atoms with Gasteiger partial charge in [0.25, 0.3) is 0 Å². The lowest BCUT2D eigenvalue weighted by molar-refractivity contribution is -0.122. The van der Waals surface area contributed by atoms with Gasteiger partial charge in [-0.05, 0) is 37.6 Å². The normalized spacial score (nSPS) is 16.0. The van der Waals surface area contributed by atoms with E-state index in [1.807, 2.05) is 36.2 Å². The number of nitrogens with zero attached hydrogens (tertiary/aromatic N) is 1. The highest BCUT2D eigenvalue weighted by molar-refractivity contribution is 5.78. The number of amides is 1. The fourth-order valence-corrected chi connectivity index (χ4v) is 2.26. The molecule has 1 fully saturated rings. The molecule has 1 amide bonds. The molecular weight excluding hydrogens is 254 g/mol. The number of nitrogens with one attached hydrogen (secondary N) is 1. The number of benzene rings is 1. The minimum Gasteiger partial charge on any atom is -0.497 e. The minimum absolute atomic E-state index is 0.00931. The Kier molecular flexibility index (Phi) is 4.98. The van der Waals surface area contributed by atoms with Gasteiger partial charge >= 0.3 is 0 Å². The van der Waals surface area contributed by atoms with Crippen molar-refractivity contribution in [2.75, 3.05) is 27.2 Å². The van der Waals surface area contributed by atoms with E-state index in [1.54, 1.807) is 7.11 Å². The molecule has 0 bridgehead atoms. The van der Waals surface area contributed by atoms with Crippen LogP contribution < -0.4 is 15.8 Å². The Balaban J connectivity index is 1.99. The molecule has 0 aromatic heterocycles. The lowest BCUT2D eigenvalue weighted by atomic mass is 10.1. The van der Waals surface area contributed by atoms with Gasteiger partial charge in [-0.2, -0.15) is 0 Å². The first-order chi connectivity index (χ1) is 9.63. The van der Waals surface area contributed by atoms with Gasteiger partial charge in [0, 0.05) is 18.6 Å². The third-order valence-electron chi connectivity index (χ3n) is 3.57. The molecule has 20 heavy (non-hydrogen) atoms. The molecule has 1 saturated carbocycles. The number of likely N-dealkylation sites (N-methyl/N-ethyl adjacent to an activating group) is 1. The maximum atomic E-state index is 11.9. The van der Waals surface area contributed by atoms with Gasteiger partial charge in [-0.25, -0.2) is 0 Å². The summed E-state index contributed by atoms with van der Waals surface area (Å²) < 4.78 is 5.23. The predicted molar refractivity (Wildman–Crippen MR) is 78.6 cm³/mol. The Labute approximate surface area is 120 Å². The summed E-state index contributed by atoms with van der Waals surface area (Å²) in [6.45, 7) is 0.815. The smallest absolute Gasteiger partial charge is 0.234 e. The number of rotatable bonds is 7. The van der Waals surface area contributed by atoms with E-state index in [2.05, 4.69) is 5.32 Å². The molecule has 3 N–H and O–H groups in total. The van der Waals surface area contributed by atoms with Crippen LogP contribution in [-0.2, 0) is 4.79 Å². The number of ether oxygens (including phenoxy) is 1. The number of nitrogens with two attached hydrogens (primary N) is 1. The molecule has 1 aromatic carbocycles. The molecule has 1 atom stereocenters. The molecule has 0 spiro atoms. The summed E-state index contributed by atoms with van der Waals surface area (Å²) in [4.78, 5) is 13.8. The van der Waals surface area contributed by atoms with E-state index in [0.29, 0.717) is 19.1 Å². The lowest BCUT2D eigenvalue weighted by Gasteiger charge is -2.27. The molecule has 0 saturated heterocycles. The molecule has 1 aliphatic rings. The van der Waals surface area contributed by atoms with E-state index >= 15 is 0 Å². The largest absolute Gasteiger partial charge is 0.497 e. The quantitative estimate of drug-likeness (QED) is 0.777. The SMILES string of the molecule is COc1cccc(C(CN)N(C)CC(=O)NC2CC2)c1. The first-order valence-electron chi connectivity index (χ1n) is 6.97. The van der Waals surface area contributed by atoms with E-state index in [1.165, 1.54) is 0 Å². The van der Waals surface area contributed by atoms with Crippen LogP contribution >= 0.6 is 0 Å².